The number of anilines is 1. The van der Waals surface area contributed by atoms with E-state index >= 15 is 0 Å². The van der Waals surface area contributed by atoms with Crippen molar-refractivity contribution in [1.29, 1.82) is 0 Å². The third-order valence-corrected chi connectivity index (χ3v) is 4.97. The van der Waals surface area contributed by atoms with Crippen LogP contribution in [0.5, 0.6) is 11.5 Å². The van der Waals surface area contributed by atoms with Crippen molar-refractivity contribution in [3.63, 3.8) is 0 Å². The Morgan fingerprint density at radius 3 is 2.37 bits per heavy atom. The molecule has 8 heteroatoms. The maximum Gasteiger partial charge on any atom is 0.331 e. The number of amides is 2. The predicted octanol–water partition coefficient (Wildman–Crippen LogP) is 4.19. The molecule has 2 N–H and O–H groups in total. The summed E-state index contributed by atoms with van der Waals surface area (Å²) in [5, 5.41) is 5.27. The number of carbonyl (C=O) groups excluding carboxylic acids is 3. The normalized spacial score (nSPS) is 11.6. The number of esters is 1. The summed E-state index contributed by atoms with van der Waals surface area (Å²) in [6.45, 7) is 9.94. The minimum atomic E-state index is -1.07. The molecule has 0 spiro atoms. The van der Waals surface area contributed by atoms with E-state index in [1.165, 1.54) is 13.0 Å². The van der Waals surface area contributed by atoms with Gasteiger partial charge in [0.25, 0.3) is 5.91 Å². The molecule has 0 radical (unpaired) electrons. The number of rotatable bonds is 12. The lowest BCUT2D eigenvalue weighted by molar-refractivity contribution is -0.150. The van der Waals surface area contributed by atoms with Gasteiger partial charge in [0, 0.05) is 11.8 Å². The Morgan fingerprint density at radius 1 is 1.00 bits per heavy atom. The highest BCUT2D eigenvalue weighted by Crippen LogP contribution is 2.29. The fourth-order valence-corrected chi connectivity index (χ4v) is 3.17. The molecule has 0 aromatic heterocycles. The largest absolute Gasteiger partial charge is 0.490 e. The van der Waals surface area contributed by atoms with Gasteiger partial charge in [0.05, 0.1) is 19.8 Å². The van der Waals surface area contributed by atoms with E-state index in [9.17, 15) is 14.4 Å². The van der Waals surface area contributed by atoms with Gasteiger partial charge in [-0.25, -0.2) is 4.79 Å². The van der Waals surface area contributed by atoms with Crippen LogP contribution in [0.2, 0.25) is 0 Å². The second-order valence-electron chi connectivity index (χ2n) is 7.93. The van der Waals surface area contributed by atoms with Crippen molar-refractivity contribution >= 4 is 29.5 Å². The SMILES string of the molecule is CCCOc1ccc(/C=C/C(=O)OC(C)C(=O)NCC(=O)Nc2c(C)cccc2C)cc1OCC. The van der Waals surface area contributed by atoms with Crippen LogP contribution in [-0.2, 0) is 19.1 Å². The third-order valence-electron chi connectivity index (χ3n) is 4.97. The van der Waals surface area contributed by atoms with Crippen LogP contribution >= 0.6 is 0 Å². The van der Waals surface area contributed by atoms with Crippen molar-refractivity contribution in [1.82, 2.24) is 5.32 Å². The fraction of sp³-hybridized carbons (Fsp3) is 0.370. The maximum absolute atomic E-state index is 12.3. The molecule has 0 aliphatic carbocycles. The van der Waals surface area contributed by atoms with Gasteiger partial charge < -0.3 is 24.8 Å². The van der Waals surface area contributed by atoms with Crippen LogP contribution in [-0.4, -0.2) is 43.6 Å². The lowest BCUT2D eigenvalue weighted by Crippen LogP contribution is -2.40. The zero-order valence-electron chi connectivity index (χ0n) is 21.0. The summed E-state index contributed by atoms with van der Waals surface area (Å²) in [6, 6.07) is 11.0. The van der Waals surface area contributed by atoms with Gasteiger partial charge in [0.2, 0.25) is 5.91 Å². The Bertz CT molecular complexity index is 1040. The molecule has 1 unspecified atom stereocenters. The Balaban J connectivity index is 1.87. The zero-order valence-corrected chi connectivity index (χ0v) is 21.0. The van der Waals surface area contributed by atoms with E-state index in [1.54, 1.807) is 24.3 Å². The monoisotopic (exact) mass is 482 g/mol. The molecular formula is C27H34N2O6. The first-order valence-electron chi connectivity index (χ1n) is 11.7. The Morgan fingerprint density at radius 2 is 1.71 bits per heavy atom. The van der Waals surface area contributed by atoms with Crippen molar-refractivity contribution in [2.75, 3.05) is 25.1 Å². The van der Waals surface area contributed by atoms with Crippen molar-refractivity contribution in [2.45, 2.75) is 47.1 Å². The fourth-order valence-electron chi connectivity index (χ4n) is 3.17. The molecule has 0 saturated heterocycles. The Hall–Kier alpha value is -3.81. The quantitative estimate of drug-likeness (QED) is 0.347. The average molecular weight is 483 g/mol. The first-order chi connectivity index (χ1) is 16.7. The van der Waals surface area contributed by atoms with E-state index in [0.29, 0.717) is 30.4 Å². The van der Waals surface area contributed by atoms with E-state index < -0.39 is 18.0 Å². The van der Waals surface area contributed by atoms with E-state index in [1.807, 2.05) is 45.9 Å². The molecule has 0 heterocycles. The molecule has 188 valence electrons. The molecule has 0 fully saturated rings. The van der Waals surface area contributed by atoms with Crippen molar-refractivity contribution in [2.24, 2.45) is 0 Å². The van der Waals surface area contributed by atoms with Crippen molar-refractivity contribution in [3.05, 3.63) is 59.2 Å². The second-order valence-corrected chi connectivity index (χ2v) is 7.93. The first kappa shape index (κ1) is 27.4. The summed E-state index contributed by atoms with van der Waals surface area (Å²) in [4.78, 5) is 36.7. The lowest BCUT2D eigenvalue weighted by Gasteiger charge is -2.14. The molecule has 8 nitrogen and oxygen atoms in total. The molecule has 1 atom stereocenters. The summed E-state index contributed by atoms with van der Waals surface area (Å²) < 4.78 is 16.4. The number of hydrogen-bond acceptors (Lipinski definition) is 6. The Kier molecular flexibility index (Phi) is 10.8. The summed E-state index contributed by atoms with van der Waals surface area (Å²) in [5.41, 5.74) is 3.29. The molecule has 2 amide bonds. The molecule has 0 aliphatic rings. The molecule has 0 bridgehead atoms. The van der Waals surface area contributed by atoms with Gasteiger partial charge in [-0.1, -0.05) is 31.2 Å². The van der Waals surface area contributed by atoms with Crippen molar-refractivity contribution in [3.8, 4) is 11.5 Å². The number of aryl methyl sites for hydroxylation is 2. The van der Waals surface area contributed by atoms with Crippen molar-refractivity contribution < 1.29 is 28.6 Å². The number of carbonyl (C=O) groups is 3. The van der Waals surface area contributed by atoms with Gasteiger partial charge in [0.15, 0.2) is 17.6 Å². The highest BCUT2D eigenvalue weighted by molar-refractivity contribution is 5.96. The number of nitrogens with one attached hydrogen (secondary N) is 2. The van der Waals surface area contributed by atoms with Crippen LogP contribution in [0.4, 0.5) is 5.69 Å². The first-order valence-corrected chi connectivity index (χ1v) is 11.7. The topological polar surface area (TPSA) is 103 Å². The Labute approximate surface area is 206 Å². The van der Waals surface area contributed by atoms with Crippen LogP contribution in [0.25, 0.3) is 6.08 Å². The number of hydrogen-bond donors (Lipinski definition) is 2. The number of ether oxygens (including phenoxy) is 3. The van der Waals surface area contributed by atoms with Crippen LogP contribution in [0.15, 0.2) is 42.5 Å². The summed E-state index contributed by atoms with van der Waals surface area (Å²) in [5.74, 6) is -0.397. The van der Waals surface area contributed by atoms with Gasteiger partial charge in [-0.15, -0.1) is 0 Å². The van der Waals surface area contributed by atoms with Gasteiger partial charge in [0.1, 0.15) is 0 Å². The smallest absolute Gasteiger partial charge is 0.331 e. The van der Waals surface area contributed by atoms with Gasteiger partial charge in [-0.2, -0.15) is 0 Å². The minimum absolute atomic E-state index is 0.239. The molecular weight excluding hydrogens is 448 g/mol. The molecule has 2 aromatic carbocycles. The molecule has 0 saturated carbocycles. The summed E-state index contributed by atoms with van der Waals surface area (Å²) >= 11 is 0. The van der Waals surface area contributed by atoms with E-state index in [-0.39, 0.29) is 12.5 Å². The molecule has 2 rings (SSSR count). The van der Waals surface area contributed by atoms with E-state index in [4.69, 9.17) is 14.2 Å². The maximum atomic E-state index is 12.3. The van der Waals surface area contributed by atoms with E-state index in [2.05, 4.69) is 10.6 Å². The summed E-state index contributed by atoms with van der Waals surface area (Å²) in [6.07, 6.45) is 2.61. The average Bonchev–Trinajstić information content (AvgIpc) is 2.83. The molecule has 0 aliphatic heterocycles. The molecule has 2 aromatic rings. The predicted molar refractivity (Wildman–Crippen MR) is 136 cm³/mol. The van der Waals surface area contributed by atoms with Crippen LogP contribution in [0, 0.1) is 13.8 Å². The van der Waals surface area contributed by atoms with Gasteiger partial charge >= 0.3 is 5.97 Å². The van der Waals surface area contributed by atoms with Gasteiger partial charge in [-0.3, -0.25) is 9.59 Å². The van der Waals surface area contributed by atoms with Crippen LogP contribution in [0.1, 0.15) is 43.9 Å². The number of para-hydroxylation sites is 1. The highest BCUT2D eigenvalue weighted by Gasteiger charge is 2.18. The summed E-state index contributed by atoms with van der Waals surface area (Å²) in [7, 11) is 0. The van der Waals surface area contributed by atoms with Crippen LogP contribution in [0.3, 0.4) is 0 Å². The zero-order chi connectivity index (χ0) is 25.8. The number of benzene rings is 2. The van der Waals surface area contributed by atoms with Crippen LogP contribution < -0.4 is 20.1 Å². The lowest BCUT2D eigenvalue weighted by atomic mass is 10.1. The third kappa shape index (κ3) is 8.81. The standard InChI is InChI=1S/C27H34N2O6/c1-6-15-34-22-13-11-21(16-23(22)33-7-2)12-14-25(31)35-20(5)27(32)28-17-24(30)29-26-18(3)9-8-10-19(26)4/h8-14,16,20H,6-7,15,17H2,1-5H3,(H,28,32)(H,29,30)/b14-12+. The van der Waals surface area contributed by atoms with E-state index in [0.717, 1.165) is 23.1 Å². The second kappa shape index (κ2) is 13.8. The molecule has 35 heavy (non-hydrogen) atoms. The van der Waals surface area contributed by atoms with Gasteiger partial charge in [-0.05, 0) is 69.0 Å². The minimum Gasteiger partial charge on any atom is -0.490 e. The highest BCUT2D eigenvalue weighted by atomic mass is 16.5.